The minimum atomic E-state index is -0.722. The van der Waals surface area contributed by atoms with Gasteiger partial charge in [-0.1, -0.05) is 0 Å². The molecule has 5 heteroatoms. The van der Waals surface area contributed by atoms with Crippen molar-refractivity contribution in [1.29, 1.82) is 0 Å². The van der Waals surface area contributed by atoms with Crippen LogP contribution in [0.1, 0.15) is 6.42 Å². The third-order valence-electron chi connectivity index (χ3n) is 3.30. The first kappa shape index (κ1) is 9.06. The predicted molar refractivity (Wildman–Crippen MR) is 44.8 cm³/mol. The molecule has 0 amide bonds. The molecule has 14 heavy (non-hydrogen) atoms. The predicted octanol–water partition coefficient (Wildman–Crippen LogP) is -1.34. The zero-order chi connectivity index (χ0) is 9.76. The van der Waals surface area contributed by atoms with E-state index in [0.717, 1.165) is 6.61 Å². The molecule has 5 atom stereocenters. The zero-order valence-corrected chi connectivity index (χ0v) is 7.76. The normalized spacial score (nSPS) is 56.1. The minimum absolute atomic E-state index is 0.166. The molecule has 80 valence electrons. The number of aliphatic hydroxyl groups is 2. The van der Waals surface area contributed by atoms with Gasteiger partial charge < -0.3 is 24.4 Å². The second-order valence-electron chi connectivity index (χ2n) is 4.26. The molecular weight excluding hydrogens is 188 g/mol. The van der Waals surface area contributed by atoms with Crippen molar-refractivity contribution in [2.75, 3.05) is 19.8 Å². The molecule has 0 spiro atoms. The summed E-state index contributed by atoms with van der Waals surface area (Å²) in [6.07, 6.45) is -0.865. The Hall–Kier alpha value is -0.200. The molecule has 0 aliphatic carbocycles. The quantitative estimate of drug-likeness (QED) is 0.543. The molecule has 2 N–H and O–H groups in total. The van der Waals surface area contributed by atoms with E-state index in [1.807, 2.05) is 0 Å². The van der Waals surface area contributed by atoms with Crippen LogP contribution in [-0.2, 0) is 14.2 Å². The Bertz CT molecular complexity index is 241. The van der Waals surface area contributed by atoms with E-state index in [9.17, 15) is 10.2 Å². The minimum Gasteiger partial charge on any atom is -0.388 e. The van der Waals surface area contributed by atoms with Crippen molar-refractivity contribution in [3.63, 3.8) is 0 Å². The first-order chi connectivity index (χ1) is 6.72. The fourth-order valence-electron chi connectivity index (χ4n) is 2.46. The Balaban J connectivity index is 1.83. The van der Waals surface area contributed by atoms with Gasteiger partial charge in [0.15, 0.2) is 0 Å². The maximum Gasteiger partial charge on any atom is 0.128 e. The molecule has 0 saturated carbocycles. The van der Waals surface area contributed by atoms with Gasteiger partial charge in [-0.3, -0.25) is 0 Å². The largest absolute Gasteiger partial charge is 0.388 e. The van der Waals surface area contributed by atoms with Crippen molar-refractivity contribution in [2.45, 2.75) is 36.4 Å². The topological polar surface area (TPSA) is 71.5 Å². The number of rotatable bonds is 2. The van der Waals surface area contributed by atoms with E-state index in [1.54, 1.807) is 0 Å². The SMILES string of the molecule is O[C@@H]1CO[C@@]2(CC3CO3)[C@@H]1OC[C@@H]2O. The van der Waals surface area contributed by atoms with Crippen molar-refractivity contribution in [3.8, 4) is 0 Å². The Labute approximate surface area is 81.6 Å². The fraction of sp³-hybridized carbons (Fsp3) is 1.00. The highest BCUT2D eigenvalue weighted by atomic mass is 16.6. The van der Waals surface area contributed by atoms with Crippen LogP contribution in [0.15, 0.2) is 0 Å². The summed E-state index contributed by atoms with van der Waals surface area (Å²) in [5, 5.41) is 19.4. The third kappa shape index (κ3) is 1.14. The lowest BCUT2D eigenvalue weighted by Gasteiger charge is -2.29. The summed E-state index contributed by atoms with van der Waals surface area (Å²) in [5.74, 6) is 0. The van der Waals surface area contributed by atoms with Crippen LogP contribution in [0.4, 0.5) is 0 Å². The molecule has 3 fully saturated rings. The number of fused-ring (bicyclic) bond motifs is 1. The van der Waals surface area contributed by atoms with Crippen molar-refractivity contribution < 1.29 is 24.4 Å². The van der Waals surface area contributed by atoms with E-state index in [4.69, 9.17) is 14.2 Å². The van der Waals surface area contributed by atoms with E-state index < -0.39 is 17.8 Å². The number of hydrogen-bond acceptors (Lipinski definition) is 5. The van der Waals surface area contributed by atoms with E-state index in [-0.39, 0.29) is 25.4 Å². The third-order valence-corrected chi connectivity index (χ3v) is 3.30. The Kier molecular flexibility index (Phi) is 1.87. The molecule has 0 radical (unpaired) electrons. The second kappa shape index (κ2) is 2.90. The van der Waals surface area contributed by atoms with Gasteiger partial charge in [-0.25, -0.2) is 0 Å². The molecular formula is C9H14O5. The molecule has 3 aliphatic heterocycles. The van der Waals surface area contributed by atoms with Crippen molar-refractivity contribution in [1.82, 2.24) is 0 Å². The van der Waals surface area contributed by atoms with Crippen LogP contribution in [-0.4, -0.2) is 60.1 Å². The summed E-state index contributed by atoms with van der Waals surface area (Å²) in [7, 11) is 0. The maximum absolute atomic E-state index is 9.83. The fourth-order valence-corrected chi connectivity index (χ4v) is 2.46. The highest BCUT2D eigenvalue weighted by Crippen LogP contribution is 2.43. The summed E-state index contributed by atoms with van der Waals surface area (Å²) in [4.78, 5) is 0. The van der Waals surface area contributed by atoms with Crippen LogP contribution >= 0.6 is 0 Å². The first-order valence-electron chi connectivity index (χ1n) is 4.96. The lowest BCUT2D eigenvalue weighted by molar-refractivity contribution is -0.0848. The molecule has 5 nitrogen and oxygen atoms in total. The molecule has 3 rings (SSSR count). The number of ether oxygens (including phenoxy) is 3. The highest BCUT2D eigenvalue weighted by molar-refractivity contribution is 5.09. The van der Waals surface area contributed by atoms with Gasteiger partial charge in [0.1, 0.15) is 23.9 Å². The number of epoxide rings is 1. The molecule has 0 aromatic carbocycles. The smallest absolute Gasteiger partial charge is 0.128 e. The van der Waals surface area contributed by atoms with Crippen LogP contribution in [0.2, 0.25) is 0 Å². The average Bonchev–Trinajstić information content (AvgIpc) is 2.83. The van der Waals surface area contributed by atoms with Gasteiger partial charge in [0, 0.05) is 6.42 Å². The van der Waals surface area contributed by atoms with E-state index >= 15 is 0 Å². The summed E-state index contributed by atoms with van der Waals surface area (Å²) in [6.45, 7) is 1.21. The van der Waals surface area contributed by atoms with E-state index in [0.29, 0.717) is 6.42 Å². The van der Waals surface area contributed by atoms with Crippen molar-refractivity contribution in [3.05, 3.63) is 0 Å². The molecule has 3 saturated heterocycles. The monoisotopic (exact) mass is 202 g/mol. The van der Waals surface area contributed by atoms with Gasteiger partial charge in [0.05, 0.1) is 25.9 Å². The summed E-state index contributed by atoms with van der Waals surface area (Å²) < 4.78 is 16.0. The summed E-state index contributed by atoms with van der Waals surface area (Å²) in [6, 6.07) is 0. The number of aliphatic hydroxyl groups excluding tert-OH is 2. The van der Waals surface area contributed by atoms with Crippen LogP contribution in [0.3, 0.4) is 0 Å². The Morgan fingerprint density at radius 3 is 2.64 bits per heavy atom. The highest BCUT2D eigenvalue weighted by Gasteiger charge is 2.61. The molecule has 0 aromatic rings. The standard InChI is InChI=1S/C9H14O5/c10-6-3-14-9(1-5-2-12-5)7(11)4-13-8(6)9/h5-8,10-11H,1-4H2/t5?,6-,7+,8-,9-/m1/s1. The van der Waals surface area contributed by atoms with Crippen LogP contribution in [0.5, 0.6) is 0 Å². The van der Waals surface area contributed by atoms with Gasteiger partial charge in [-0.15, -0.1) is 0 Å². The van der Waals surface area contributed by atoms with Gasteiger partial charge in [-0.2, -0.15) is 0 Å². The van der Waals surface area contributed by atoms with E-state index in [1.165, 1.54) is 0 Å². The summed E-state index contributed by atoms with van der Waals surface area (Å²) in [5.41, 5.74) is -0.722. The van der Waals surface area contributed by atoms with Crippen molar-refractivity contribution >= 4 is 0 Å². The average molecular weight is 202 g/mol. The van der Waals surface area contributed by atoms with Gasteiger partial charge in [0.25, 0.3) is 0 Å². The first-order valence-corrected chi connectivity index (χ1v) is 4.96. The van der Waals surface area contributed by atoms with Gasteiger partial charge in [-0.05, 0) is 0 Å². The summed E-state index contributed by atoms with van der Waals surface area (Å²) >= 11 is 0. The molecule has 3 heterocycles. The van der Waals surface area contributed by atoms with Crippen LogP contribution in [0, 0.1) is 0 Å². The lowest BCUT2D eigenvalue weighted by atomic mass is 9.87. The molecule has 1 unspecified atom stereocenters. The van der Waals surface area contributed by atoms with Crippen molar-refractivity contribution in [2.24, 2.45) is 0 Å². The van der Waals surface area contributed by atoms with Crippen LogP contribution < -0.4 is 0 Å². The molecule has 0 bridgehead atoms. The van der Waals surface area contributed by atoms with Gasteiger partial charge in [0.2, 0.25) is 0 Å². The maximum atomic E-state index is 9.83. The zero-order valence-electron chi connectivity index (χ0n) is 7.76. The second-order valence-corrected chi connectivity index (χ2v) is 4.26. The molecule has 0 aromatic heterocycles. The van der Waals surface area contributed by atoms with E-state index in [2.05, 4.69) is 0 Å². The lowest BCUT2D eigenvalue weighted by Crippen LogP contribution is -2.48. The molecule has 3 aliphatic rings. The van der Waals surface area contributed by atoms with Gasteiger partial charge >= 0.3 is 0 Å². The number of hydrogen-bond donors (Lipinski definition) is 2. The Morgan fingerprint density at radius 1 is 1.14 bits per heavy atom. The van der Waals surface area contributed by atoms with Crippen LogP contribution in [0.25, 0.3) is 0 Å². The Morgan fingerprint density at radius 2 is 1.93 bits per heavy atom.